The van der Waals surface area contributed by atoms with E-state index in [0.29, 0.717) is 11.9 Å². The summed E-state index contributed by atoms with van der Waals surface area (Å²) in [4.78, 5) is 8.43. The van der Waals surface area contributed by atoms with E-state index in [2.05, 4.69) is 27.3 Å². The zero-order valence-corrected chi connectivity index (χ0v) is 11.1. The first-order valence-electron chi connectivity index (χ1n) is 6.97. The van der Waals surface area contributed by atoms with E-state index in [9.17, 15) is 0 Å². The standard InChI is InChI=1S/C15H20N4/c1-2-3-4-11-5-6-12(9-11)19-8-7-13-14(16)17-10-18-15(13)19/h2,7-8,10-12H,1,3-6,9H2,(H2,16,17,18). The molecule has 0 aliphatic heterocycles. The van der Waals surface area contributed by atoms with E-state index in [-0.39, 0.29) is 0 Å². The lowest BCUT2D eigenvalue weighted by atomic mass is 10.0. The summed E-state index contributed by atoms with van der Waals surface area (Å²) in [5, 5.41) is 0.969. The van der Waals surface area contributed by atoms with Crippen molar-refractivity contribution in [3.05, 3.63) is 31.2 Å². The van der Waals surface area contributed by atoms with Gasteiger partial charge >= 0.3 is 0 Å². The van der Waals surface area contributed by atoms with Gasteiger partial charge in [-0.05, 0) is 44.1 Å². The van der Waals surface area contributed by atoms with Crippen LogP contribution in [-0.2, 0) is 0 Å². The Bertz CT molecular complexity index is 587. The molecule has 4 nitrogen and oxygen atoms in total. The summed E-state index contributed by atoms with van der Waals surface area (Å²) >= 11 is 0. The molecule has 0 spiro atoms. The molecule has 1 aliphatic rings. The first kappa shape index (κ1) is 12.2. The third-order valence-corrected chi connectivity index (χ3v) is 4.23. The summed E-state index contributed by atoms with van der Waals surface area (Å²) in [6.45, 7) is 3.81. The molecule has 2 aromatic rings. The van der Waals surface area contributed by atoms with Gasteiger partial charge in [0.05, 0.1) is 5.39 Å². The number of aromatic nitrogens is 3. The summed E-state index contributed by atoms with van der Waals surface area (Å²) < 4.78 is 2.28. The van der Waals surface area contributed by atoms with Crippen LogP contribution in [0.3, 0.4) is 0 Å². The van der Waals surface area contributed by atoms with Gasteiger partial charge in [-0.25, -0.2) is 9.97 Å². The number of nitrogen functional groups attached to an aromatic ring is 1. The van der Waals surface area contributed by atoms with Gasteiger partial charge in [-0.1, -0.05) is 6.08 Å². The van der Waals surface area contributed by atoms with Gasteiger partial charge in [-0.15, -0.1) is 6.58 Å². The molecule has 2 N–H and O–H groups in total. The first-order chi connectivity index (χ1) is 9.29. The predicted molar refractivity (Wildman–Crippen MR) is 77.7 cm³/mol. The lowest BCUT2D eigenvalue weighted by Gasteiger charge is -2.14. The predicted octanol–water partition coefficient (Wildman–Crippen LogP) is 3.32. The van der Waals surface area contributed by atoms with Crippen LogP contribution in [0.4, 0.5) is 5.82 Å². The van der Waals surface area contributed by atoms with E-state index >= 15 is 0 Å². The van der Waals surface area contributed by atoms with E-state index in [1.54, 1.807) is 6.33 Å². The van der Waals surface area contributed by atoms with Crippen molar-refractivity contribution in [3.8, 4) is 0 Å². The summed E-state index contributed by atoms with van der Waals surface area (Å²) in [5.74, 6) is 1.39. The molecule has 0 aromatic carbocycles. The smallest absolute Gasteiger partial charge is 0.145 e. The van der Waals surface area contributed by atoms with E-state index < -0.39 is 0 Å². The van der Waals surface area contributed by atoms with Gasteiger partial charge in [0, 0.05) is 12.2 Å². The zero-order chi connectivity index (χ0) is 13.2. The fraction of sp³-hybridized carbons (Fsp3) is 0.467. The van der Waals surface area contributed by atoms with Crippen LogP contribution in [0, 0.1) is 5.92 Å². The van der Waals surface area contributed by atoms with Crippen LogP contribution in [0.25, 0.3) is 11.0 Å². The highest BCUT2D eigenvalue weighted by atomic mass is 15.1. The Kier molecular flexibility index (Phi) is 3.23. The van der Waals surface area contributed by atoms with E-state index in [0.717, 1.165) is 23.4 Å². The van der Waals surface area contributed by atoms with E-state index in [4.69, 9.17) is 5.73 Å². The van der Waals surface area contributed by atoms with Gasteiger partial charge in [0.2, 0.25) is 0 Å². The number of hydrogen-bond acceptors (Lipinski definition) is 3. The topological polar surface area (TPSA) is 56.7 Å². The molecular weight excluding hydrogens is 236 g/mol. The quantitative estimate of drug-likeness (QED) is 0.854. The second kappa shape index (κ2) is 5.03. The molecule has 0 bridgehead atoms. The lowest BCUT2D eigenvalue weighted by Crippen LogP contribution is -2.05. The Hall–Kier alpha value is -1.84. The zero-order valence-electron chi connectivity index (χ0n) is 11.1. The normalized spacial score (nSPS) is 22.9. The highest BCUT2D eigenvalue weighted by Crippen LogP contribution is 2.38. The number of fused-ring (bicyclic) bond motifs is 1. The van der Waals surface area contributed by atoms with Crippen LogP contribution in [0.1, 0.15) is 38.1 Å². The van der Waals surface area contributed by atoms with Gasteiger partial charge in [0.15, 0.2) is 0 Å². The van der Waals surface area contributed by atoms with Crippen molar-refractivity contribution in [2.24, 2.45) is 5.92 Å². The number of nitrogens with two attached hydrogens (primary N) is 1. The lowest BCUT2D eigenvalue weighted by molar-refractivity contribution is 0.464. The largest absolute Gasteiger partial charge is 0.383 e. The van der Waals surface area contributed by atoms with Crippen LogP contribution in [0.15, 0.2) is 31.2 Å². The molecule has 2 aromatic heterocycles. The maximum atomic E-state index is 5.89. The maximum absolute atomic E-state index is 5.89. The van der Waals surface area contributed by atoms with Gasteiger partial charge < -0.3 is 10.3 Å². The fourth-order valence-electron chi connectivity index (χ4n) is 3.20. The first-order valence-corrected chi connectivity index (χ1v) is 6.97. The maximum Gasteiger partial charge on any atom is 0.145 e. The van der Waals surface area contributed by atoms with Crippen LogP contribution in [-0.4, -0.2) is 14.5 Å². The third-order valence-electron chi connectivity index (χ3n) is 4.23. The molecule has 2 unspecified atom stereocenters. The molecule has 1 fully saturated rings. The molecule has 3 rings (SSSR count). The Morgan fingerprint density at radius 2 is 2.32 bits per heavy atom. The Morgan fingerprint density at radius 1 is 1.42 bits per heavy atom. The monoisotopic (exact) mass is 256 g/mol. The Balaban J connectivity index is 1.82. The van der Waals surface area contributed by atoms with Crippen molar-refractivity contribution >= 4 is 16.9 Å². The van der Waals surface area contributed by atoms with Crippen LogP contribution < -0.4 is 5.73 Å². The van der Waals surface area contributed by atoms with Crippen LogP contribution in [0.5, 0.6) is 0 Å². The molecule has 0 amide bonds. The van der Waals surface area contributed by atoms with Gasteiger partial charge in [0.1, 0.15) is 17.8 Å². The molecule has 2 atom stereocenters. The summed E-state index contributed by atoms with van der Waals surface area (Å²) in [5.41, 5.74) is 6.86. The number of hydrogen-bond donors (Lipinski definition) is 1. The Labute approximate surface area is 113 Å². The number of rotatable bonds is 4. The second-order valence-corrected chi connectivity index (χ2v) is 5.42. The van der Waals surface area contributed by atoms with Crippen molar-refractivity contribution in [1.82, 2.24) is 14.5 Å². The molecule has 19 heavy (non-hydrogen) atoms. The molecule has 100 valence electrons. The van der Waals surface area contributed by atoms with Crippen molar-refractivity contribution in [2.75, 3.05) is 5.73 Å². The fourth-order valence-corrected chi connectivity index (χ4v) is 3.20. The number of nitrogens with zero attached hydrogens (tertiary/aromatic N) is 3. The van der Waals surface area contributed by atoms with Crippen LogP contribution >= 0.6 is 0 Å². The molecular formula is C15H20N4. The van der Waals surface area contributed by atoms with Crippen molar-refractivity contribution < 1.29 is 0 Å². The highest BCUT2D eigenvalue weighted by molar-refractivity contribution is 5.86. The Morgan fingerprint density at radius 3 is 3.16 bits per heavy atom. The van der Waals surface area contributed by atoms with Crippen molar-refractivity contribution in [1.29, 1.82) is 0 Å². The van der Waals surface area contributed by atoms with E-state index in [1.807, 2.05) is 12.1 Å². The molecule has 0 radical (unpaired) electrons. The molecule has 2 heterocycles. The average Bonchev–Trinajstić information content (AvgIpc) is 3.02. The highest BCUT2D eigenvalue weighted by Gasteiger charge is 2.26. The average molecular weight is 256 g/mol. The summed E-state index contributed by atoms with van der Waals surface area (Å²) in [7, 11) is 0. The van der Waals surface area contributed by atoms with Crippen molar-refractivity contribution in [2.45, 2.75) is 38.1 Å². The number of anilines is 1. The third kappa shape index (κ3) is 2.23. The molecule has 1 aliphatic carbocycles. The van der Waals surface area contributed by atoms with Gasteiger partial charge in [-0.2, -0.15) is 0 Å². The summed E-state index contributed by atoms with van der Waals surface area (Å²) in [6, 6.07) is 2.59. The summed E-state index contributed by atoms with van der Waals surface area (Å²) in [6.07, 6.45) is 11.8. The molecule has 0 saturated heterocycles. The van der Waals surface area contributed by atoms with Gasteiger partial charge in [0.25, 0.3) is 0 Å². The molecule has 1 saturated carbocycles. The molecule has 4 heteroatoms. The number of allylic oxidation sites excluding steroid dienone is 1. The minimum Gasteiger partial charge on any atom is -0.383 e. The second-order valence-electron chi connectivity index (χ2n) is 5.42. The van der Waals surface area contributed by atoms with Gasteiger partial charge in [-0.3, -0.25) is 0 Å². The van der Waals surface area contributed by atoms with Crippen LogP contribution in [0.2, 0.25) is 0 Å². The minimum atomic E-state index is 0.557. The minimum absolute atomic E-state index is 0.557. The van der Waals surface area contributed by atoms with Crippen molar-refractivity contribution in [3.63, 3.8) is 0 Å². The SMILES string of the molecule is C=CCCC1CCC(n2ccc3c(N)ncnc32)C1. The van der Waals surface area contributed by atoms with E-state index in [1.165, 1.54) is 25.7 Å².